The number of carbonyl (C=O) groups excluding carboxylic acids is 2. The maximum atomic E-state index is 12.9. The normalized spacial score (nSPS) is 12.8. The zero-order chi connectivity index (χ0) is 20.9. The standard InChI is InChI=1S/C25H24N2O3/c1-30-22-12-9-18(10-13-22)16-24(28)26-21-11-14-23-20(17-21)8-5-15-27(23)25(29)19-6-3-2-4-7-19/h2-4,6-7,9-14,17H,5,8,15-16H2,1H3,(H,26,28). The fourth-order valence-electron chi connectivity index (χ4n) is 3.76. The van der Waals surface area contributed by atoms with E-state index in [2.05, 4.69) is 5.32 Å². The van der Waals surface area contributed by atoms with Crippen molar-refractivity contribution in [2.24, 2.45) is 0 Å². The van der Waals surface area contributed by atoms with Crippen molar-refractivity contribution in [3.8, 4) is 5.75 Å². The number of anilines is 2. The number of amides is 2. The smallest absolute Gasteiger partial charge is 0.258 e. The molecule has 152 valence electrons. The molecule has 4 rings (SSSR count). The molecule has 0 bridgehead atoms. The zero-order valence-corrected chi connectivity index (χ0v) is 16.9. The first kappa shape index (κ1) is 19.7. The highest BCUT2D eigenvalue weighted by molar-refractivity contribution is 6.07. The number of hydrogen-bond acceptors (Lipinski definition) is 3. The minimum atomic E-state index is -0.0758. The van der Waals surface area contributed by atoms with Crippen molar-refractivity contribution < 1.29 is 14.3 Å². The summed E-state index contributed by atoms with van der Waals surface area (Å²) in [5, 5.41) is 2.97. The molecule has 5 nitrogen and oxygen atoms in total. The van der Waals surface area contributed by atoms with Gasteiger partial charge in [0.25, 0.3) is 5.91 Å². The van der Waals surface area contributed by atoms with E-state index >= 15 is 0 Å². The Hall–Kier alpha value is -3.60. The summed E-state index contributed by atoms with van der Waals surface area (Å²) in [6, 6.07) is 22.6. The number of fused-ring (bicyclic) bond motifs is 1. The van der Waals surface area contributed by atoms with Crippen LogP contribution in [0, 0.1) is 0 Å². The molecule has 3 aromatic rings. The highest BCUT2D eigenvalue weighted by Crippen LogP contribution is 2.31. The number of nitrogens with one attached hydrogen (secondary N) is 1. The van der Waals surface area contributed by atoms with E-state index in [0.717, 1.165) is 41.1 Å². The van der Waals surface area contributed by atoms with Crippen LogP contribution >= 0.6 is 0 Å². The lowest BCUT2D eigenvalue weighted by molar-refractivity contribution is -0.115. The summed E-state index contributed by atoms with van der Waals surface area (Å²) in [5.74, 6) is 0.699. The second-order valence-electron chi connectivity index (χ2n) is 7.34. The van der Waals surface area contributed by atoms with Gasteiger partial charge in [-0.05, 0) is 66.4 Å². The number of benzene rings is 3. The summed E-state index contributed by atoms with van der Waals surface area (Å²) < 4.78 is 5.15. The van der Waals surface area contributed by atoms with Gasteiger partial charge in [-0.15, -0.1) is 0 Å². The minimum Gasteiger partial charge on any atom is -0.497 e. The van der Waals surface area contributed by atoms with Crippen molar-refractivity contribution in [2.45, 2.75) is 19.3 Å². The van der Waals surface area contributed by atoms with Crippen LogP contribution in [0.25, 0.3) is 0 Å². The third-order valence-corrected chi connectivity index (χ3v) is 5.27. The van der Waals surface area contributed by atoms with Crippen LogP contribution in [0.5, 0.6) is 5.75 Å². The van der Waals surface area contributed by atoms with Crippen LogP contribution in [0.3, 0.4) is 0 Å². The lowest BCUT2D eigenvalue weighted by atomic mass is 10.00. The van der Waals surface area contributed by atoms with Gasteiger partial charge in [0.15, 0.2) is 0 Å². The van der Waals surface area contributed by atoms with Gasteiger partial charge in [0.2, 0.25) is 5.91 Å². The second-order valence-corrected chi connectivity index (χ2v) is 7.34. The predicted molar refractivity (Wildman–Crippen MR) is 118 cm³/mol. The third-order valence-electron chi connectivity index (χ3n) is 5.27. The molecule has 0 fully saturated rings. The van der Waals surface area contributed by atoms with Crippen LogP contribution < -0.4 is 15.0 Å². The van der Waals surface area contributed by atoms with Crippen molar-refractivity contribution in [3.63, 3.8) is 0 Å². The van der Waals surface area contributed by atoms with E-state index in [1.807, 2.05) is 77.7 Å². The number of hydrogen-bond donors (Lipinski definition) is 1. The van der Waals surface area contributed by atoms with E-state index in [-0.39, 0.29) is 11.8 Å². The molecule has 5 heteroatoms. The highest BCUT2D eigenvalue weighted by atomic mass is 16.5. The summed E-state index contributed by atoms with van der Waals surface area (Å²) in [7, 11) is 1.62. The minimum absolute atomic E-state index is 0.00726. The zero-order valence-electron chi connectivity index (χ0n) is 16.9. The number of ether oxygens (including phenoxy) is 1. The molecule has 0 aliphatic carbocycles. The number of rotatable bonds is 5. The lowest BCUT2D eigenvalue weighted by Crippen LogP contribution is -2.35. The predicted octanol–water partition coefficient (Wildman–Crippen LogP) is 4.47. The van der Waals surface area contributed by atoms with Gasteiger partial charge in [0.1, 0.15) is 5.75 Å². The van der Waals surface area contributed by atoms with Gasteiger partial charge in [-0.1, -0.05) is 30.3 Å². The van der Waals surface area contributed by atoms with Crippen LogP contribution in [0.1, 0.15) is 27.9 Å². The summed E-state index contributed by atoms with van der Waals surface area (Å²) in [5.41, 5.74) is 4.35. The monoisotopic (exact) mass is 400 g/mol. The molecular formula is C25H24N2O3. The molecule has 0 unspecified atom stereocenters. The number of methoxy groups -OCH3 is 1. The summed E-state index contributed by atoms with van der Waals surface area (Å²) in [6.45, 7) is 0.698. The molecule has 0 spiro atoms. The Morgan fingerprint density at radius 2 is 1.77 bits per heavy atom. The molecule has 0 saturated carbocycles. The summed E-state index contributed by atoms with van der Waals surface area (Å²) >= 11 is 0. The highest BCUT2D eigenvalue weighted by Gasteiger charge is 2.23. The summed E-state index contributed by atoms with van der Waals surface area (Å²) in [6.07, 6.45) is 2.07. The van der Waals surface area contributed by atoms with E-state index in [0.29, 0.717) is 18.5 Å². The fourth-order valence-corrected chi connectivity index (χ4v) is 3.76. The van der Waals surface area contributed by atoms with Crippen molar-refractivity contribution in [3.05, 3.63) is 89.5 Å². The third kappa shape index (κ3) is 4.35. The quantitative estimate of drug-likeness (QED) is 0.687. The molecule has 1 N–H and O–H groups in total. The lowest BCUT2D eigenvalue weighted by Gasteiger charge is -2.30. The van der Waals surface area contributed by atoms with E-state index in [9.17, 15) is 9.59 Å². The Bertz CT molecular complexity index is 1050. The molecule has 3 aromatic carbocycles. The Kier molecular flexibility index (Phi) is 5.80. The summed E-state index contributed by atoms with van der Waals surface area (Å²) in [4.78, 5) is 27.2. The SMILES string of the molecule is COc1ccc(CC(=O)Nc2ccc3c(c2)CCCN3C(=O)c2ccccc2)cc1. The molecule has 0 saturated heterocycles. The molecule has 1 aliphatic heterocycles. The maximum Gasteiger partial charge on any atom is 0.258 e. The van der Waals surface area contributed by atoms with Crippen LogP contribution in [0.4, 0.5) is 11.4 Å². The molecule has 0 aromatic heterocycles. The second kappa shape index (κ2) is 8.82. The average Bonchev–Trinajstić information content (AvgIpc) is 2.79. The number of aryl methyl sites for hydroxylation is 1. The Morgan fingerprint density at radius 1 is 1.00 bits per heavy atom. The molecule has 0 radical (unpaired) electrons. The fraction of sp³-hybridized carbons (Fsp3) is 0.200. The van der Waals surface area contributed by atoms with Gasteiger partial charge in [-0.2, -0.15) is 0 Å². The largest absolute Gasteiger partial charge is 0.497 e. The van der Waals surface area contributed by atoms with Gasteiger partial charge in [-0.25, -0.2) is 0 Å². The first-order chi connectivity index (χ1) is 14.6. The van der Waals surface area contributed by atoms with Gasteiger partial charge < -0.3 is 15.0 Å². The van der Waals surface area contributed by atoms with E-state index in [4.69, 9.17) is 4.74 Å². The average molecular weight is 400 g/mol. The molecule has 0 atom stereocenters. The topological polar surface area (TPSA) is 58.6 Å². The van der Waals surface area contributed by atoms with Gasteiger partial charge in [-0.3, -0.25) is 9.59 Å². The van der Waals surface area contributed by atoms with Gasteiger partial charge in [0.05, 0.1) is 13.5 Å². The van der Waals surface area contributed by atoms with Crippen LogP contribution in [0.15, 0.2) is 72.8 Å². The first-order valence-corrected chi connectivity index (χ1v) is 10.1. The Labute approximate surface area is 176 Å². The van der Waals surface area contributed by atoms with E-state index in [1.54, 1.807) is 7.11 Å². The van der Waals surface area contributed by atoms with Crippen molar-refractivity contribution in [1.29, 1.82) is 0 Å². The van der Waals surface area contributed by atoms with Crippen molar-refractivity contribution in [2.75, 3.05) is 23.9 Å². The molecule has 30 heavy (non-hydrogen) atoms. The number of nitrogens with zero attached hydrogens (tertiary/aromatic N) is 1. The Balaban J connectivity index is 1.46. The molecular weight excluding hydrogens is 376 g/mol. The van der Waals surface area contributed by atoms with Crippen LogP contribution in [-0.4, -0.2) is 25.5 Å². The van der Waals surface area contributed by atoms with Crippen LogP contribution in [0.2, 0.25) is 0 Å². The molecule has 1 aliphatic rings. The first-order valence-electron chi connectivity index (χ1n) is 10.1. The van der Waals surface area contributed by atoms with Crippen molar-refractivity contribution >= 4 is 23.2 Å². The van der Waals surface area contributed by atoms with Gasteiger partial charge in [0, 0.05) is 23.5 Å². The number of carbonyl (C=O) groups is 2. The molecule has 2 amide bonds. The molecule has 1 heterocycles. The van der Waals surface area contributed by atoms with Crippen molar-refractivity contribution in [1.82, 2.24) is 0 Å². The maximum absolute atomic E-state index is 12.9. The van der Waals surface area contributed by atoms with Gasteiger partial charge >= 0.3 is 0 Å². The Morgan fingerprint density at radius 3 is 2.50 bits per heavy atom. The van der Waals surface area contributed by atoms with Crippen LogP contribution in [-0.2, 0) is 17.6 Å². The van der Waals surface area contributed by atoms with E-state index in [1.165, 1.54) is 0 Å². The van der Waals surface area contributed by atoms with E-state index < -0.39 is 0 Å².